The first-order valence-electron chi connectivity index (χ1n) is 6.09. The quantitative estimate of drug-likeness (QED) is 0.746. The number of hydrogen-bond acceptors (Lipinski definition) is 3. The first-order chi connectivity index (χ1) is 7.91. The summed E-state index contributed by atoms with van der Waals surface area (Å²) in [7, 11) is 1.87. The van der Waals surface area contributed by atoms with Gasteiger partial charge in [-0.05, 0) is 27.8 Å². The summed E-state index contributed by atoms with van der Waals surface area (Å²) in [5.41, 5.74) is -0.188. The molecule has 2 unspecified atom stereocenters. The first kappa shape index (κ1) is 14.2. The average molecular weight is 240 g/mol. The van der Waals surface area contributed by atoms with Crippen molar-refractivity contribution in [2.45, 2.75) is 32.4 Å². The standard InChI is InChI=1S/C13H24N2O2/c1-6-7-15(13(2,3)4)12(16)10-8-17-9-11(10)14-5/h6,10-11,14H,1,7-9H2,2-5H3. The lowest BCUT2D eigenvalue weighted by Crippen LogP contribution is -2.52. The van der Waals surface area contributed by atoms with Gasteiger partial charge in [0.25, 0.3) is 0 Å². The Morgan fingerprint density at radius 1 is 1.53 bits per heavy atom. The van der Waals surface area contributed by atoms with Crippen LogP contribution in [0.3, 0.4) is 0 Å². The number of ether oxygens (including phenoxy) is 1. The highest BCUT2D eigenvalue weighted by molar-refractivity contribution is 5.81. The van der Waals surface area contributed by atoms with E-state index >= 15 is 0 Å². The Morgan fingerprint density at radius 2 is 2.18 bits per heavy atom. The summed E-state index contributed by atoms with van der Waals surface area (Å²) in [4.78, 5) is 14.4. The van der Waals surface area contributed by atoms with Gasteiger partial charge in [-0.2, -0.15) is 0 Å². The molecular weight excluding hydrogens is 216 g/mol. The van der Waals surface area contributed by atoms with Gasteiger partial charge in [-0.15, -0.1) is 6.58 Å². The van der Waals surface area contributed by atoms with Gasteiger partial charge in [0.2, 0.25) is 5.91 Å². The Labute approximate surface area is 104 Å². The van der Waals surface area contributed by atoms with Gasteiger partial charge in [0.05, 0.1) is 19.1 Å². The molecule has 1 aliphatic rings. The molecular formula is C13H24N2O2. The molecule has 2 atom stereocenters. The number of nitrogens with one attached hydrogen (secondary N) is 1. The lowest BCUT2D eigenvalue weighted by Gasteiger charge is -2.37. The molecule has 1 heterocycles. The molecule has 0 radical (unpaired) electrons. The van der Waals surface area contributed by atoms with Gasteiger partial charge in [0.1, 0.15) is 0 Å². The highest BCUT2D eigenvalue weighted by Crippen LogP contribution is 2.22. The minimum atomic E-state index is -0.188. The molecule has 1 saturated heterocycles. The third kappa shape index (κ3) is 3.30. The topological polar surface area (TPSA) is 41.6 Å². The van der Waals surface area contributed by atoms with Crippen molar-refractivity contribution in [1.82, 2.24) is 10.2 Å². The molecule has 4 nitrogen and oxygen atoms in total. The van der Waals surface area contributed by atoms with Crippen LogP contribution in [0.4, 0.5) is 0 Å². The van der Waals surface area contributed by atoms with Crippen molar-refractivity contribution in [1.29, 1.82) is 0 Å². The van der Waals surface area contributed by atoms with Crippen LogP contribution in [0.2, 0.25) is 0 Å². The SMILES string of the molecule is C=CCN(C(=O)C1COCC1NC)C(C)(C)C. The van der Waals surface area contributed by atoms with E-state index in [2.05, 4.69) is 11.9 Å². The molecule has 0 aromatic heterocycles. The second-order valence-electron chi connectivity index (χ2n) is 5.45. The fraction of sp³-hybridized carbons (Fsp3) is 0.769. The Hall–Kier alpha value is -0.870. The normalized spacial score (nSPS) is 24.7. The smallest absolute Gasteiger partial charge is 0.230 e. The Morgan fingerprint density at radius 3 is 2.65 bits per heavy atom. The number of carbonyl (C=O) groups is 1. The summed E-state index contributed by atoms with van der Waals surface area (Å²) in [5.74, 6) is 0.0634. The van der Waals surface area contributed by atoms with E-state index in [1.54, 1.807) is 6.08 Å². The summed E-state index contributed by atoms with van der Waals surface area (Å²) >= 11 is 0. The zero-order valence-corrected chi connectivity index (χ0v) is 11.3. The predicted molar refractivity (Wildman–Crippen MR) is 68.8 cm³/mol. The second kappa shape index (κ2) is 5.65. The number of carbonyl (C=O) groups excluding carboxylic acids is 1. The molecule has 4 heteroatoms. The Kier molecular flexibility index (Phi) is 4.71. The van der Waals surface area contributed by atoms with Crippen LogP contribution in [-0.4, -0.2) is 49.2 Å². The molecule has 0 spiro atoms. The van der Waals surface area contributed by atoms with Crippen LogP contribution >= 0.6 is 0 Å². The van der Waals surface area contributed by atoms with Crippen molar-refractivity contribution in [3.63, 3.8) is 0 Å². The van der Waals surface area contributed by atoms with Crippen molar-refractivity contribution in [3.05, 3.63) is 12.7 Å². The van der Waals surface area contributed by atoms with Crippen molar-refractivity contribution < 1.29 is 9.53 Å². The van der Waals surface area contributed by atoms with Crippen LogP contribution in [0.1, 0.15) is 20.8 Å². The minimum absolute atomic E-state index is 0.0841. The molecule has 1 amide bonds. The molecule has 1 fully saturated rings. The predicted octanol–water partition coefficient (Wildman–Crippen LogP) is 1.03. The number of nitrogens with zero attached hydrogens (tertiary/aromatic N) is 1. The fourth-order valence-corrected chi connectivity index (χ4v) is 2.11. The average Bonchev–Trinajstić information content (AvgIpc) is 2.71. The molecule has 0 bridgehead atoms. The van der Waals surface area contributed by atoms with E-state index in [0.29, 0.717) is 19.8 Å². The van der Waals surface area contributed by atoms with E-state index in [1.807, 2.05) is 32.7 Å². The summed E-state index contributed by atoms with van der Waals surface area (Å²) in [6.45, 7) is 11.5. The molecule has 1 aliphatic heterocycles. The van der Waals surface area contributed by atoms with Gasteiger partial charge in [-0.3, -0.25) is 4.79 Å². The highest BCUT2D eigenvalue weighted by Gasteiger charge is 2.38. The Bertz CT molecular complexity index is 284. The second-order valence-corrected chi connectivity index (χ2v) is 5.45. The summed E-state index contributed by atoms with van der Waals surface area (Å²) in [6, 6.07) is 0.122. The van der Waals surface area contributed by atoms with Gasteiger partial charge < -0.3 is 15.0 Å². The Balaban J connectivity index is 2.80. The summed E-state index contributed by atoms with van der Waals surface area (Å²) in [5, 5.41) is 3.14. The van der Waals surface area contributed by atoms with Crippen molar-refractivity contribution in [2.24, 2.45) is 5.92 Å². The molecule has 98 valence electrons. The molecule has 17 heavy (non-hydrogen) atoms. The minimum Gasteiger partial charge on any atom is -0.379 e. The maximum Gasteiger partial charge on any atom is 0.230 e. The maximum absolute atomic E-state index is 12.5. The monoisotopic (exact) mass is 240 g/mol. The molecule has 0 aromatic carbocycles. The molecule has 0 aliphatic carbocycles. The lowest BCUT2D eigenvalue weighted by atomic mass is 9.97. The van der Waals surface area contributed by atoms with E-state index in [1.165, 1.54) is 0 Å². The molecule has 1 rings (SSSR count). The van der Waals surface area contributed by atoms with Crippen molar-refractivity contribution in [2.75, 3.05) is 26.8 Å². The van der Waals surface area contributed by atoms with Crippen molar-refractivity contribution >= 4 is 5.91 Å². The fourth-order valence-electron chi connectivity index (χ4n) is 2.11. The van der Waals surface area contributed by atoms with E-state index in [-0.39, 0.29) is 23.4 Å². The molecule has 0 saturated carbocycles. The largest absolute Gasteiger partial charge is 0.379 e. The van der Waals surface area contributed by atoms with Gasteiger partial charge in [0.15, 0.2) is 0 Å². The van der Waals surface area contributed by atoms with Crippen LogP contribution in [-0.2, 0) is 9.53 Å². The van der Waals surface area contributed by atoms with E-state index < -0.39 is 0 Å². The molecule has 1 N–H and O–H groups in total. The van der Waals surface area contributed by atoms with E-state index in [0.717, 1.165) is 0 Å². The number of rotatable bonds is 4. The number of likely N-dealkylation sites (N-methyl/N-ethyl adjacent to an activating group) is 1. The first-order valence-corrected chi connectivity index (χ1v) is 6.09. The summed E-state index contributed by atoms with van der Waals surface area (Å²) in [6.07, 6.45) is 1.77. The molecule has 0 aromatic rings. The van der Waals surface area contributed by atoms with Gasteiger partial charge in [-0.25, -0.2) is 0 Å². The van der Waals surface area contributed by atoms with Crippen LogP contribution in [0.15, 0.2) is 12.7 Å². The highest BCUT2D eigenvalue weighted by atomic mass is 16.5. The maximum atomic E-state index is 12.5. The zero-order valence-electron chi connectivity index (χ0n) is 11.3. The third-order valence-electron chi connectivity index (χ3n) is 3.16. The van der Waals surface area contributed by atoms with E-state index in [9.17, 15) is 4.79 Å². The van der Waals surface area contributed by atoms with Gasteiger partial charge in [0, 0.05) is 18.1 Å². The van der Waals surface area contributed by atoms with Crippen LogP contribution in [0.25, 0.3) is 0 Å². The zero-order chi connectivity index (χ0) is 13.1. The number of amides is 1. The van der Waals surface area contributed by atoms with Crippen LogP contribution in [0, 0.1) is 5.92 Å². The van der Waals surface area contributed by atoms with Crippen molar-refractivity contribution in [3.8, 4) is 0 Å². The van der Waals surface area contributed by atoms with Gasteiger partial charge >= 0.3 is 0 Å². The van der Waals surface area contributed by atoms with Crippen LogP contribution < -0.4 is 5.32 Å². The van der Waals surface area contributed by atoms with E-state index in [4.69, 9.17) is 4.74 Å². The third-order valence-corrected chi connectivity index (χ3v) is 3.16. The number of hydrogen-bond donors (Lipinski definition) is 1. The van der Waals surface area contributed by atoms with Crippen LogP contribution in [0.5, 0.6) is 0 Å². The summed E-state index contributed by atoms with van der Waals surface area (Å²) < 4.78 is 5.39. The lowest BCUT2D eigenvalue weighted by molar-refractivity contribution is -0.140. The van der Waals surface area contributed by atoms with Gasteiger partial charge in [-0.1, -0.05) is 6.08 Å².